The topological polar surface area (TPSA) is 68.4 Å². The van der Waals surface area contributed by atoms with E-state index in [2.05, 4.69) is 4.98 Å². The third kappa shape index (κ3) is 2.20. The van der Waals surface area contributed by atoms with Crippen molar-refractivity contribution in [3.05, 3.63) is 40.2 Å². The summed E-state index contributed by atoms with van der Waals surface area (Å²) in [5.41, 5.74) is 0.163. The Balaban J connectivity index is 2.56. The first-order chi connectivity index (χ1) is 8.65. The van der Waals surface area contributed by atoms with Crippen LogP contribution in [0, 0.1) is 0 Å². The van der Waals surface area contributed by atoms with Gasteiger partial charge in [0, 0.05) is 6.07 Å². The van der Waals surface area contributed by atoms with Crippen LogP contribution in [0.1, 0.15) is 17.3 Å². The van der Waals surface area contributed by atoms with E-state index in [4.69, 9.17) is 9.47 Å². The molecule has 18 heavy (non-hydrogen) atoms. The minimum Gasteiger partial charge on any atom is -0.497 e. The number of hydrogen-bond donors (Lipinski definition) is 1. The second-order valence-corrected chi connectivity index (χ2v) is 3.69. The summed E-state index contributed by atoms with van der Waals surface area (Å²) in [7, 11) is 1.55. The first-order valence-corrected chi connectivity index (χ1v) is 5.54. The van der Waals surface area contributed by atoms with Crippen molar-refractivity contribution in [3.63, 3.8) is 0 Å². The highest BCUT2D eigenvalue weighted by Gasteiger charge is 2.12. The number of carbonyl (C=O) groups is 1. The number of fused-ring (bicyclic) bond motifs is 1. The van der Waals surface area contributed by atoms with Crippen molar-refractivity contribution in [2.45, 2.75) is 6.92 Å². The highest BCUT2D eigenvalue weighted by Crippen LogP contribution is 2.18. The summed E-state index contributed by atoms with van der Waals surface area (Å²) >= 11 is 0. The zero-order valence-corrected chi connectivity index (χ0v) is 10.1. The van der Waals surface area contributed by atoms with Crippen molar-refractivity contribution in [1.29, 1.82) is 0 Å². The fourth-order valence-corrected chi connectivity index (χ4v) is 1.67. The molecule has 1 heterocycles. The van der Waals surface area contributed by atoms with Crippen LogP contribution in [0.25, 0.3) is 10.9 Å². The summed E-state index contributed by atoms with van der Waals surface area (Å²) in [5.74, 6) is 0.0264. The minimum atomic E-state index is -0.614. The molecule has 0 spiro atoms. The maximum atomic E-state index is 11.8. The van der Waals surface area contributed by atoms with E-state index in [9.17, 15) is 9.59 Å². The van der Waals surface area contributed by atoms with Crippen molar-refractivity contribution >= 4 is 16.9 Å². The molecule has 5 heteroatoms. The fourth-order valence-electron chi connectivity index (χ4n) is 1.67. The Labute approximate surface area is 103 Å². The first-order valence-electron chi connectivity index (χ1n) is 5.54. The van der Waals surface area contributed by atoms with E-state index in [1.165, 1.54) is 6.07 Å². The van der Waals surface area contributed by atoms with Crippen LogP contribution in [0.2, 0.25) is 0 Å². The average molecular weight is 247 g/mol. The highest BCUT2D eigenvalue weighted by atomic mass is 16.5. The van der Waals surface area contributed by atoms with Gasteiger partial charge >= 0.3 is 5.97 Å². The summed E-state index contributed by atoms with van der Waals surface area (Å²) in [6, 6.07) is 6.75. The largest absolute Gasteiger partial charge is 0.497 e. The van der Waals surface area contributed by atoms with E-state index >= 15 is 0 Å². The molecule has 1 aromatic heterocycles. The van der Waals surface area contributed by atoms with Gasteiger partial charge in [-0.3, -0.25) is 4.79 Å². The molecule has 0 radical (unpaired) electrons. The van der Waals surface area contributed by atoms with Crippen LogP contribution in [0.5, 0.6) is 5.75 Å². The van der Waals surface area contributed by atoms with Gasteiger partial charge in [-0.05, 0) is 30.5 Å². The molecule has 1 N–H and O–H groups in total. The Bertz CT molecular complexity index is 645. The SMILES string of the molecule is CCOC(=O)c1cc2ccc(OC)cc2[nH]c1=O. The van der Waals surface area contributed by atoms with Crippen LogP contribution in [-0.4, -0.2) is 24.7 Å². The normalized spacial score (nSPS) is 10.3. The third-order valence-corrected chi connectivity index (χ3v) is 2.55. The lowest BCUT2D eigenvalue weighted by atomic mass is 10.1. The monoisotopic (exact) mass is 247 g/mol. The van der Waals surface area contributed by atoms with Crippen LogP contribution in [0.15, 0.2) is 29.1 Å². The van der Waals surface area contributed by atoms with Gasteiger partial charge in [-0.2, -0.15) is 0 Å². The van der Waals surface area contributed by atoms with Gasteiger partial charge in [0.25, 0.3) is 5.56 Å². The lowest BCUT2D eigenvalue weighted by molar-refractivity contribution is 0.0524. The van der Waals surface area contributed by atoms with E-state index in [1.54, 1.807) is 32.2 Å². The van der Waals surface area contributed by atoms with Crippen molar-refractivity contribution in [2.75, 3.05) is 13.7 Å². The number of aromatic nitrogens is 1. The number of benzene rings is 1. The molecule has 5 nitrogen and oxygen atoms in total. The van der Waals surface area contributed by atoms with E-state index in [0.29, 0.717) is 11.3 Å². The fraction of sp³-hybridized carbons (Fsp3) is 0.231. The summed E-state index contributed by atoms with van der Waals surface area (Å²) < 4.78 is 9.88. The number of hydrogen-bond acceptors (Lipinski definition) is 4. The predicted molar refractivity (Wildman–Crippen MR) is 67.1 cm³/mol. The zero-order valence-electron chi connectivity index (χ0n) is 10.1. The number of pyridine rings is 1. The van der Waals surface area contributed by atoms with Gasteiger partial charge in [-0.25, -0.2) is 4.79 Å². The van der Waals surface area contributed by atoms with E-state index < -0.39 is 11.5 Å². The molecule has 0 fully saturated rings. The third-order valence-electron chi connectivity index (χ3n) is 2.55. The molecule has 2 rings (SSSR count). The van der Waals surface area contributed by atoms with Crippen molar-refractivity contribution in [1.82, 2.24) is 4.98 Å². The van der Waals surface area contributed by atoms with Crippen LogP contribution < -0.4 is 10.3 Å². The Morgan fingerprint density at radius 3 is 2.78 bits per heavy atom. The van der Waals surface area contributed by atoms with E-state index in [1.807, 2.05) is 0 Å². The summed E-state index contributed by atoms with van der Waals surface area (Å²) in [6.07, 6.45) is 0. The first kappa shape index (κ1) is 12.2. The number of ether oxygens (including phenoxy) is 2. The number of aromatic amines is 1. The molecule has 0 saturated carbocycles. The van der Waals surface area contributed by atoms with Crippen molar-refractivity contribution in [3.8, 4) is 5.75 Å². The zero-order chi connectivity index (χ0) is 13.1. The minimum absolute atomic E-state index is 0.00881. The van der Waals surface area contributed by atoms with Crippen LogP contribution in [0.3, 0.4) is 0 Å². The van der Waals surface area contributed by atoms with Crippen LogP contribution in [-0.2, 0) is 4.74 Å². The maximum absolute atomic E-state index is 11.8. The van der Waals surface area contributed by atoms with Crippen molar-refractivity contribution in [2.24, 2.45) is 0 Å². The molecule has 0 aliphatic rings. The molecule has 1 aromatic carbocycles. The molecule has 0 amide bonds. The van der Waals surface area contributed by atoms with Gasteiger partial charge < -0.3 is 14.5 Å². The molecule has 0 aliphatic carbocycles. The molecule has 94 valence electrons. The maximum Gasteiger partial charge on any atom is 0.343 e. The second-order valence-electron chi connectivity index (χ2n) is 3.69. The number of H-pyrrole nitrogens is 1. The number of carbonyl (C=O) groups excluding carboxylic acids is 1. The smallest absolute Gasteiger partial charge is 0.343 e. The lowest BCUT2D eigenvalue weighted by Gasteiger charge is -2.05. The quantitative estimate of drug-likeness (QED) is 0.838. The Hall–Kier alpha value is -2.30. The van der Waals surface area contributed by atoms with Gasteiger partial charge in [0.15, 0.2) is 0 Å². The molecule has 0 saturated heterocycles. The molecule has 0 unspecified atom stereocenters. The standard InChI is InChI=1S/C13H13NO4/c1-3-18-13(16)10-6-8-4-5-9(17-2)7-11(8)14-12(10)15/h4-7H,3H2,1-2H3,(H,14,15). The van der Waals surface area contributed by atoms with Gasteiger partial charge in [0.1, 0.15) is 11.3 Å². The molecule has 0 aliphatic heterocycles. The predicted octanol–water partition coefficient (Wildman–Crippen LogP) is 1.71. The van der Waals surface area contributed by atoms with Gasteiger partial charge in [-0.15, -0.1) is 0 Å². The Kier molecular flexibility index (Phi) is 3.32. The Morgan fingerprint density at radius 2 is 2.11 bits per heavy atom. The summed E-state index contributed by atoms with van der Waals surface area (Å²) in [6.45, 7) is 1.93. The average Bonchev–Trinajstić information content (AvgIpc) is 2.37. The summed E-state index contributed by atoms with van der Waals surface area (Å²) in [4.78, 5) is 26.0. The number of esters is 1. The van der Waals surface area contributed by atoms with Gasteiger partial charge in [0.05, 0.1) is 19.2 Å². The van der Waals surface area contributed by atoms with Crippen LogP contribution >= 0.6 is 0 Å². The molecular formula is C13H13NO4. The molecular weight excluding hydrogens is 234 g/mol. The second kappa shape index (κ2) is 4.91. The van der Waals surface area contributed by atoms with E-state index in [-0.39, 0.29) is 12.2 Å². The van der Waals surface area contributed by atoms with Gasteiger partial charge in [0.2, 0.25) is 0 Å². The van der Waals surface area contributed by atoms with Crippen molar-refractivity contribution < 1.29 is 14.3 Å². The Morgan fingerprint density at radius 1 is 1.33 bits per heavy atom. The molecule has 0 atom stereocenters. The van der Waals surface area contributed by atoms with E-state index in [0.717, 1.165) is 5.39 Å². The molecule has 2 aromatic rings. The van der Waals surface area contributed by atoms with Gasteiger partial charge in [-0.1, -0.05) is 0 Å². The highest BCUT2D eigenvalue weighted by molar-refractivity contribution is 5.93. The lowest BCUT2D eigenvalue weighted by Crippen LogP contribution is -2.19. The van der Waals surface area contributed by atoms with Crippen LogP contribution in [0.4, 0.5) is 0 Å². The number of nitrogens with one attached hydrogen (secondary N) is 1. The number of methoxy groups -OCH3 is 1. The molecule has 0 bridgehead atoms. The number of rotatable bonds is 3. The summed E-state index contributed by atoms with van der Waals surface area (Å²) in [5, 5.41) is 0.749.